The highest BCUT2D eigenvalue weighted by Gasteiger charge is 2.33. The van der Waals surface area contributed by atoms with Gasteiger partial charge in [0.2, 0.25) is 0 Å². The number of phenols is 1. The fourth-order valence-electron chi connectivity index (χ4n) is 2.45. The van der Waals surface area contributed by atoms with Crippen LogP contribution in [0.1, 0.15) is 32.4 Å². The van der Waals surface area contributed by atoms with E-state index in [1.807, 2.05) is 13.8 Å². The van der Waals surface area contributed by atoms with Crippen molar-refractivity contribution in [1.29, 1.82) is 0 Å². The number of amides is 2. The molecule has 25 heavy (non-hydrogen) atoms. The summed E-state index contributed by atoms with van der Waals surface area (Å²) in [7, 11) is 1.38. The summed E-state index contributed by atoms with van der Waals surface area (Å²) in [5, 5.41) is 15.2. The molecule has 0 bridgehead atoms. The number of carbonyl (C=O) groups excluding carboxylic acids is 2. The third-order valence-corrected chi connectivity index (χ3v) is 3.93. The van der Waals surface area contributed by atoms with E-state index < -0.39 is 18.0 Å². The number of urea groups is 1. The minimum atomic E-state index is -0.777. The van der Waals surface area contributed by atoms with Crippen molar-refractivity contribution in [3.8, 4) is 11.5 Å². The van der Waals surface area contributed by atoms with Crippen LogP contribution in [-0.2, 0) is 9.53 Å². The number of ether oxygens (including phenoxy) is 2. The smallest absolute Gasteiger partial charge is 0.338 e. The zero-order chi connectivity index (χ0) is 18.7. The minimum absolute atomic E-state index is 0.0506. The largest absolute Gasteiger partial charge is 0.503 e. The predicted molar refractivity (Wildman–Crippen MR) is 92.6 cm³/mol. The number of carbonyl (C=O) groups is 2. The molecule has 0 radical (unpaired) electrons. The first kappa shape index (κ1) is 18.9. The molecule has 0 aliphatic carbocycles. The number of methoxy groups -OCH3 is 1. The van der Waals surface area contributed by atoms with Gasteiger partial charge in [-0.05, 0) is 30.5 Å². The molecule has 0 saturated carbocycles. The van der Waals surface area contributed by atoms with Crippen molar-refractivity contribution in [1.82, 2.24) is 10.6 Å². The van der Waals surface area contributed by atoms with Crippen LogP contribution >= 0.6 is 11.6 Å². The summed E-state index contributed by atoms with van der Waals surface area (Å²) in [4.78, 5) is 24.4. The monoisotopic (exact) mass is 368 g/mol. The Morgan fingerprint density at radius 1 is 1.40 bits per heavy atom. The topological polar surface area (TPSA) is 96.9 Å². The van der Waals surface area contributed by atoms with Crippen LogP contribution in [0, 0.1) is 5.92 Å². The minimum Gasteiger partial charge on any atom is -0.503 e. The lowest BCUT2D eigenvalue weighted by Crippen LogP contribution is -2.45. The Bertz CT molecular complexity index is 730. The number of halogens is 1. The fourth-order valence-corrected chi connectivity index (χ4v) is 2.67. The van der Waals surface area contributed by atoms with Crippen molar-refractivity contribution >= 4 is 23.6 Å². The molecule has 0 spiro atoms. The molecule has 0 unspecified atom stereocenters. The molecule has 3 N–H and O–H groups in total. The van der Waals surface area contributed by atoms with Gasteiger partial charge in [-0.2, -0.15) is 0 Å². The van der Waals surface area contributed by atoms with E-state index in [0.29, 0.717) is 11.3 Å². The first-order valence-electron chi connectivity index (χ1n) is 7.76. The summed E-state index contributed by atoms with van der Waals surface area (Å²) in [5.74, 6) is -0.426. The van der Waals surface area contributed by atoms with Gasteiger partial charge in [-0.3, -0.25) is 0 Å². The molecule has 2 amide bonds. The number of allylic oxidation sites excluding steroid dienone is 1. The van der Waals surface area contributed by atoms with Crippen molar-refractivity contribution in [2.24, 2.45) is 5.92 Å². The maximum atomic E-state index is 12.5. The van der Waals surface area contributed by atoms with E-state index in [1.165, 1.54) is 19.2 Å². The van der Waals surface area contributed by atoms with Gasteiger partial charge >= 0.3 is 12.0 Å². The van der Waals surface area contributed by atoms with E-state index in [9.17, 15) is 14.7 Å². The summed E-state index contributed by atoms with van der Waals surface area (Å²) < 4.78 is 10.4. The Labute approximate surface area is 150 Å². The first-order valence-corrected chi connectivity index (χ1v) is 8.14. The number of rotatable bonds is 5. The van der Waals surface area contributed by atoms with Crippen LogP contribution in [0.25, 0.3) is 0 Å². The lowest BCUT2D eigenvalue weighted by molar-refractivity contribution is -0.140. The van der Waals surface area contributed by atoms with Crippen LogP contribution in [0.3, 0.4) is 0 Å². The molecule has 8 heteroatoms. The average molecular weight is 369 g/mol. The SMILES string of the molecule is COc1cc([C@H]2NC(=O)NC(C)=C2C(=O)OCC(C)C)cc(Cl)c1O. The molecular weight excluding hydrogens is 348 g/mol. The Morgan fingerprint density at radius 3 is 2.68 bits per heavy atom. The van der Waals surface area contributed by atoms with Crippen molar-refractivity contribution in [2.45, 2.75) is 26.8 Å². The highest BCUT2D eigenvalue weighted by atomic mass is 35.5. The van der Waals surface area contributed by atoms with Crippen LogP contribution < -0.4 is 15.4 Å². The number of benzene rings is 1. The molecular formula is C17H21ClN2O5. The zero-order valence-electron chi connectivity index (χ0n) is 14.5. The van der Waals surface area contributed by atoms with Gasteiger partial charge in [0.05, 0.1) is 30.4 Å². The molecule has 1 aromatic carbocycles. The quantitative estimate of drug-likeness (QED) is 0.694. The lowest BCUT2D eigenvalue weighted by Gasteiger charge is -2.28. The third-order valence-electron chi connectivity index (χ3n) is 3.64. The third kappa shape index (κ3) is 4.17. The molecule has 0 aromatic heterocycles. The summed E-state index contributed by atoms with van der Waals surface area (Å²) in [6.45, 7) is 5.74. The Morgan fingerprint density at radius 2 is 2.08 bits per heavy atom. The van der Waals surface area contributed by atoms with Crippen LogP contribution in [0.4, 0.5) is 4.79 Å². The maximum Gasteiger partial charge on any atom is 0.338 e. The van der Waals surface area contributed by atoms with Crippen LogP contribution in [0.5, 0.6) is 11.5 Å². The summed E-state index contributed by atoms with van der Waals surface area (Å²) in [6, 6.07) is 1.76. The van der Waals surface area contributed by atoms with Crippen molar-refractivity contribution in [2.75, 3.05) is 13.7 Å². The Kier molecular flexibility index (Phi) is 5.79. The molecule has 1 heterocycles. The standard InChI is InChI=1S/C17H21ClN2O5/c1-8(2)7-25-16(22)13-9(3)19-17(23)20-14(13)10-5-11(18)15(21)12(6-10)24-4/h5-6,8,14,21H,7H2,1-4H3,(H2,19,20,23)/t14-/m1/s1. The highest BCUT2D eigenvalue weighted by molar-refractivity contribution is 6.32. The molecule has 7 nitrogen and oxygen atoms in total. The number of hydrogen-bond acceptors (Lipinski definition) is 5. The maximum absolute atomic E-state index is 12.5. The van der Waals surface area contributed by atoms with Gasteiger partial charge in [0.1, 0.15) is 0 Å². The highest BCUT2D eigenvalue weighted by Crippen LogP contribution is 2.39. The average Bonchev–Trinajstić information content (AvgIpc) is 2.54. The number of aromatic hydroxyl groups is 1. The van der Waals surface area contributed by atoms with Gasteiger partial charge < -0.3 is 25.2 Å². The number of hydrogen-bond donors (Lipinski definition) is 3. The van der Waals surface area contributed by atoms with E-state index >= 15 is 0 Å². The van der Waals surface area contributed by atoms with E-state index in [2.05, 4.69) is 10.6 Å². The summed E-state index contributed by atoms with van der Waals surface area (Å²) >= 11 is 6.03. The van der Waals surface area contributed by atoms with Crippen LogP contribution in [-0.4, -0.2) is 30.8 Å². The van der Waals surface area contributed by atoms with Crippen molar-refractivity contribution < 1.29 is 24.2 Å². The van der Waals surface area contributed by atoms with Crippen molar-refractivity contribution in [3.05, 3.63) is 34.0 Å². The molecule has 1 aliphatic rings. The van der Waals surface area contributed by atoms with Crippen LogP contribution in [0.15, 0.2) is 23.4 Å². The second kappa shape index (κ2) is 7.65. The fraction of sp³-hybridized carbons (Fsp3) is 0.412. The van der Waals surface area contributed by atoms with E-state index in [1.54, 1.807) is 6.92 Å². The molecule has 136 valence electrons. The Hall–Kier alpha value is -2.41. The lowest BCUT2D eigenvalue weighted by atomic mass is 9.95. The molecule has 0 saturated heterocycles. The number of esters is 1. The van der Waals surface area contributed by atoms with Crippen molar-refractivity contribution in [3.63, 3.8) is 0 Å². The second-order valence-electron chi connectivity index (χ2n) is 6.12. The van der Waals surface area contributed by atoms with Gasteiger partial charge in [0, 0.05) is 5.70 Å². The van der Waals surface area contributed by atoms with E-state index in [4.69, 9.17) is 21.1 Å². The molecule has 1 aliphatic heterocycles. The molecule has 2 rings (SSSR count). The molecule has 1 aromatic rings. The van der Waals surface area contributed by atoms with Crippen LogP contribution in [0.2, 0.25) is 5.02 Å². The summed E-state index contributed by atoms with van der Waals surface area (Å²) in [5.41, 5.74) is 1.15. The van der Waals surface area contributed by atoms with Gasteiger partial charge in [0.25, 0.3) is 0 Å². The number of phenolic OH excluding ortho intramolecular Hbond substituents is 1. The van der Waals surface area contributed by atoms with E-state index in [0.717, 1.165) is 0 Å². The second-order valence-corrected chi connectivity index (χ2v) is 6.52. The zero-order valence-corrected chi connectivity index (χ0v) is 15.2. The normalized spacial score (nSPS) is 17.2. The van der Waals surface area contributed by atoms with Gasteiger partial charge in [-0.15, -0.1) is 0 Å². The van der Waals surface area contributed by atoms with Gasteiger partial charge in [-0.25, -0.2) is 9.59 Å². The molecule has 0 fully saturated rings. The van der Waals surface area contributed by atoms with Gasteiger partial charge in [-0.1, -0.05) is 25.4 Å². The summed E-state index contributed by atoms with van der Waals surface area (Å²) in [6.07, 6.45) is 0. The van der Waals surface area contributed by atoms with Gasteiger partial charge in [0.15, 0.2) is 11.5 Å². The van der Waals surface area contributed by atoms with E-state index in [-0.39, 0.29) is 34.6 Å². The number of nitrogens with one attached hydrogen (secondary N) is 2. The first-order chi connectivity index (χ1) is 11.7. The Balaban J connectivity index is 2.46. The predicted octanol–water partition coefficient (Wildman–Crippen LogP) is 2.88. The molecule has 1 atom stereocenters.